The second kappa shape index (κ2) is 4.86. The van der Waals surface area contributed by atoms with E-state index in [0.29, 0.717) is 15.2 Å². The molecule has 0 bridgehead atoms. The van der Waals surface area contributed by atoms with Crippen LogP contribution in [0.1, 0.15) is 12.6 Å². The molecule has 0 radical (unpaired) electrons. The van der Waals surface area contributed by atoms with Crippen molar-refractivity contribution in [1.29, 1.82) is 0 Å². The SMILES string of the molecule is CCO.Cc1c(=S)[nH]o[n+]1[O-]. The summed E-state index contributed by atoms with van der Waals surface area (Å²) in [5, 5.41) is 20.1. The number of hydrogen-bond acceptors (Lipinski definition) is 4. The van der Waals surface area contributed by atoms with E-state index in [1.165, 1.54) is 0 Å². The minimum Gasteiger partial charge on any atom is -0.397 e. The van der Waals surface area contributed by atoms with Gasteiger partial charge in [0.05, 0.1) is 0 Å². The number of aromatic nitrogens is 2. The Bertz CT molecular complexity index is 254. The molecular weight excluding hydrogens is 168 g/mol. The van der Waals surface area contributed by atoms with Crippen molar-refractivity contribution in [3.05, 3.63) is 15.5 Å². The van der Waals surface area contributed by atoms with E-state index in [1.54, 1.807) is 13.8 Å². The van der Waals surface area contributed by atoms with Crippen molar-refractivity contribution < 1.29 is 14.6 Å². The maximum absolute atomic E-state index is 10.3. The van der Waals surface area contributed by atoms with Crippen molar-refractivity contribution in [3.8, 4) is 0 Å². The minimum absolute atomic E-state index is 0.250. The van der Waals surface area contributed by atoms with Crippen LogP contribution in [0, 0.1) is 16.8 Å². The number of aromatic amines is 1. The molecule has 0 aliphatic heterocycles. The summed E-state index contributed by atoms with van der Waals surface area (Å²) in [6, 6.07) is 0. The third-order valence-corrected chi connectivity index (χ3v) is 1.20. The molecule has 1 heterocycles. The molecule has 6 heteroatoms. The highest BCUT2D eigenvalue weighted by Crippen LogP contribution is 1.86. The Kier molecular flexibility index (Phi) is 4.47. The number of H-pyrrole nitrogens is 1. The predicted octanol–water partition coefficient (Wildman–Crippen LogP) is 0.278. The average Bonchev–Trinajstić information content (AvgIpc) is 2.22. The number of nitrogens with one attached hydrogen (secondary N) is 1. The lowest BCUT2D eigenvalue weighted by molar-refractivity contribution is -0.806. The van der Waals surface area contributed by atoms with Gasteiger partial charge in [-0.15, -0.1) is 0 Å². The predicted molar refractivity (Wildman–Crippen MR) is 40.3 cm³/mol. The van der Waals surface area contributed by atoms with Crippen LogP contribution < -0.4 is 4.90 Å². The average molecular weight is 178 g/mol. The molecule has 0 amide bonds. The number of aliphatic hydroxyl groups is 1. The zero-order valence-electron chi connectivity index (χ0n) is 6.33. The Labute approximate surface area is 68.8 Å². The van der Waals surface area contributed by atoms with E-state index in [9.17, 15) is 5.21 Å². The van der Waals surface area contributed by atoms with Crippen molar-refractivity contribution >= 4 is 12.2 Å². The standard InChI is InChI=1S/C3H4N2O2S.C2H6O/c1-2-3(8)4-7-5(2)6;1-2-3/h1H3,(H,4,8);3H,2H2,1H3. The molecule has 0 atom stereocenters. The smallest absolute Gasteiger partial charge is 0.253 e. The van der Waals surface area contributed by atoms with Gasteiger partial charge < -0.3 is 14.9 Å². The summed E-state index contributed by atoms with van der Waals surface area (Å²) >= 11 is 4.60. The third kappa shape index (κ3) is 3.15. The van der Waals surface area contributed by atoms with E-state index in [2.05, 4.69) is 22.0 Å². The molecule has 0 aliphatic rings. The van der Waals surface area contributed by atoms with E-state index in [0.717, 1.165) is 0 Å². The van der Waals surface area contributed by atoms with Gasteiger partial charge in [0.2, 0.25) is 5.69 Å². The van der Waals surface area contributed by atoms with Crippen LogP contribution in [0.4, 0.5) is 0 Å². The van der Waals surface area contributed by atoms with Gasteiger partial charge in [0.15, 0.2) is 0 Å². The first-order valence-corrected chi connectivity index (χ1v) is 3.43. The molecule has 0 spiro atoms. The molecule has 11 heavy (non-hydrogen) atoms. The third-order valence-electron chi connectivity index (χ3n) is 0.824. The van der Waals surface area contributed by atoms with Crippen molar-refractivity contribution in [1.82, 2.24) is 5.16 Å². The van der Waals surface area contributed by atoms with Crippen molar-refractivity contribution in [2.45, 2.75) is 13.8 Å². The van der Waals surface area contributed by atoms with Gasteiger partial charge in [-0.3, -0.25) is 0 Å². The van der Waals surface area contributed by atoms with Gasteiger partial charge in [0, 0.05) is 13.5 Å². The first kappa shape index (κ1) is 10.1. The molecular formula is C5H10N2O3S. The fourth-order valence-corrected chi connectivity index (χ4v) is 0.420. The first-order valence-electron chi connectivity index (χ1n) is 3.02. The van der Waals surface area contributed by atoms with Crippen LogP contribution >= 0.6 is 12.2 Å². The highest BCUT2D eigenvalue weighted by atomic mass is 32.1. The Morgan fingerprint density at radius 3 is 2.36 bits per heavy atom. The topological polar surface area (TPSA) is 76.1 Å². The molecule has 0 unspecified atom stereocenters. The fraction of sp³-hybridized carbons (Fsp3) is 0.600. The van der Waals surface area contributed by atoms with Crippen LogP contribution in [0.2, 0.25) is 0 Å². The summed E-state index contributed by atoms with van der Waals surface area (Å²) in [6.07, 6.45) is 0. The van der Waals surface area contributed by atoms with Gasteiger partial charge in [0.1, 0.15) is 0 Å². The summed E-state index contributed by atoms with van der Waals surface area (Å²) in [5.74, 6) is 0. The van der Waals surface area contributed by atoms with E-state index < -0.39 is 0 Å². The largest absolute Gasteiger partial charge is 0.397 e. The second-order valence-corrected chi connectivity index (χ2v) is 2.09. The van der Waals surface area contributed by atoms with Crippen LogP contribution in [-0.4, -0.2) is 16.9 Å². The summed E-state index contributed by atoms with van der Waals surface area (Å²) < 4.78 is 4.57. The summed E-state index contributed by atoms with van der Waals surface area (Å²) in [6.45, 7) is 3.51. The molecule has 0 fully saturated rings. The molecule has 1 rings (SSSR count). The maximum atomic E-state index is 10.3. The van der Waals surface area contributed by atoms with Gasteiger partial charge in [-0.05, 0) is 24.0 Å². The van der Waals surface area contributed by atoms with Gasteiger partial charge in [-0.25, -0.2) is 0 Å². The van der Waals surface area contributed by atoms with Crippen molar-refractivity contribution in [2.75, 3.05) is 6.61 Å². The number of nitrogens with zero attached hydrogens (tertiary/aromatic N) is 1. The summed E-state index contributed by atoms with van der Waals surface area (Å²) in [7, 11) is 0. The number of aliphatic hydroxyl groups excluding tert-OH is 1. The highest BCUT2D eigenvalue weighted by molar-refractivity contribution is 7.71. The quantitative estimate of drug-likeness (QED) is 0.442. The van der Waals surface area contributed by atoms with Gasteiger partial charge >= 0.3 is 0 Å². The molecule has 0 saturated heterocycles. The number of rotatable bonds is 0. The highest BCUT2D eigenvalue weighted by Gasteiger charge is 1.98. The molecule has 1 aromatic rings. The number of hydrogen-bond donors (Lipinski definition) is 2. The van der Waals surface area contributed by atoms with E-state index in [1.807, 2.05) is 0 Å². The van der Waals surface area contributed by atoms with Gasteiger partial charge in [0.25, 0.3) is 4.64 Å². The molecule has 1 aromatic heterocycles. The zero-order chi connectivity index (χ0) is 8.85. The first-order chi connectivity index (χ1) is 5.13. The monoisotopic (exact) mass is 178 g/mol. The Morgan fingerprint density at radius 1 is 1.82 bits per heavy atom. The molecule has 0 aromatic carbocycles. The van der Waals surface area contributed by atoms with Crippen LogP contribution in [-0.2, 0) is 0 Å². The van der Waals surface area contributed by atoms with Crippen LogP contribution in [0.3, 0.4) is 0 Å². The molecule has 2 N–H and O–H groups in total. The van der Waals surface area contributed by atoms with Gasteiger partial charge in [-0.1, -0.05) is 0 Å². The fourth-order valence-electron chi connectivity index (χ4n) is 0.308. The Morgan fingerprint density at radius 2 is 2.27 bits per heavy atom. The second-order valence-electron chi connectivity index (χ2n) is 1.68. The van der Waals surface area contributed by atoms with Crippen molar-refractivity contribution in [2.24, 2.45) is 0 Å². The zero-order valence-corrected chi connectivity index (χ0v) is 7.14. The molecule has 64 valence electrons. The maximum Gasteiger partial charge on any atom is 0.253 e. The van der Waals surface area contributed by atoms with Crippen LogP contribution in [0.15, 0.2) is 4.63 Å². The van der Waals surface area contributed by atoms with E-state index in [-0.39, 0.29) is 6.61 Å². The Hall–Kier alpha value is -0.880. The lowest BCUT2D eigenvalue weighted by Gasteiger charge is -1.82. The Balaban J connectivity index is 0.000000292. The van der Waals surface area contributed by atoms with Crippen LogP contribution in [0.5, 0.6) is 0 Å². The normalized spacial score (nSPS) is 8.64. The molecule has 0 aliphatic carbocycles. The minimum atomic E-state index is 0.250. The van der Waals surface area contributed by atoms with Gasteiger partial charge in [-0.2, -0.15) is 5.16 Å². The summed E-state index contributed by atoms with van der Waals surface area (Å²) in [4.78, 5) is 0.336. The van der Waals surface area contributed by atoms with E-state index >= 15 is 0 Å². The lowest BCUT2D eigenvalue weighted by atomic mass is 10.6. The van der Waals surface area contributed by atoms with Crippen molar-refractivity contribution in [3.63, 3.8) is 0 Å². The van der Waals surface area contributed by atoms with Crippen LogP contribution in [0.25, 0.3) is 0 Å². The lowest BCUT2D eigenvalue weighted by Crippen LogP contribution is -2.25. The summed E-state index contributed by atoms with van der Waals surface area (Å²) in [5.41, 5.74) is 0.389. The van der Waals surface area contributed by atoms with E-state index in [4.69, 9.17) is 5.11 Å². The molecule has 0 saturated carbocycles. The molecule has 5 nitrogen and oxygen atoms in total.